The van der Waals surface area contributed by atoms with Gasteiger partial charge >= 0.3 is 0 Å². The van der Waals surface area contributed by atoms with E-state index in [0.29, 0.717) is 38.5 Å². The van der Waals surface area contributed by atoms with E-state index >= 15 is 0 Å². The number of aromatic nitrogens is 2. The molecule has 3 heterocycles. The first-order valence-corrected chi connectivity index (χ1v) is 11.0. The summed E-state index contributed by atoms with van der Waals surface area (Å²) in [4.78, 5) is 39.9. The maximum Gasteiger partial charge on any atom is 0.274 e. The first-order valence-electron chi connectivity index (χ1n) is 11.0. The molecule has 2 aliphatic heterocycles. The van der Waals surface area contributed by atoms with Crippen LogP contribution in [0.1, 0.15) is 30.3 Å². The van der Waals surface area contributed by atoms with Gasteiger partial charge in [0.2, 0.25) is 5.91 Å². The quantitative estimate of drug-likeness (QED) is 0.733. The van der Waals surface area contributed by atoms with E-state index in [-0.39, 0.29) is 17.7 Å². The van der Waals surface area contributed by atoms with E-state index < -0.39 is 0 Å². The molecule has 2 aliphatic rings. The molecule has 2 amide bonds. The molecule has 4 rings (SSSR count). The summed E-state index contributed by atoms with van der Waals surface area (Å²) in [5.74, 6) is 0.726. The molecule has 8 heteroatoms. The van der Waals surface area contributed by atoms with E-state index in [1.54, 1.807) is 11.1 Å². The van der Waals surface area contributed by atoms with Crippen molar-refractivity contribution in [2.75, 3.05) is 50.8 Å². The van der Waals surface area contributed by atoms with Gasteiger partial charge in [-0.1, -0.05) is 12.1 Å². The monoisotopic (exact) mass is 423 g/mol. The van der Waals surface area contributed by atoms with Crippen LogP contribution >= 0.6 is 0 Å². The van der Waals surface area contributed by atoms with Crippen LogP contribution in [0, 0.1) is 5.92 Å². The third-order valence-corrected chi connectivity index (χ3v) is 5.94. The number of likely N-dealkylation sites (tertiary alicyclic amines) is 1. The number of amides is 2. The normalized spacial score (nSPS) is 19.3. The van der Waals surface area contributed by atoms with Crippen LogP contribution in [-0.4, -0.2) is 77.5 Å². The highest BCUT2D eigenvalue weighted by atomic mass is 16.5. The molecule has 1 unspecified atom stereocenters. The second kappa shape index (κ2) is 9.76. The van der Waals surface area contributed by atoms with Crippen LogP contribution in [0.5, 0.6) is 5.75 Å². The van der Waals surface area contributed by atoms with Gasteiger partial charge in [-0.05, 0) is 31.9 Å². The van der Waals surface area contributed by atoms with Gasteiger partial charge in [0.15, 0.2) is 0 Å². The first-order chi connectivity index (χ1) is 15.2. The first kappa shape index (κ1) is 21.1. The zero-order valence-corrected chi connectivity index (χ0v) is 17.9. The van der Waals surface area contributed by atoms with Crippen LogP contribution in [0.3, 0.4) is 0 Å². The van der Waals surface area contributed by atoms with Crippen LogP contribution in [0.2, 0.25) is 0 Å². The Morgan fingerprint density at radius 2 is 1.87 bits per heavy atom. The number of nitrogens with zero attached hydrogens (tertiary/aromatic N) is 5. The van der Waals surface area contributed by atoms with E-state index in [1.807, 2.05) is 30.0 Å². The van der Waals surface area contributed by atoms with Crippen molar-refractivity contribution in [1.29, 1.82) is 0 Å². The zero-order chi connectivity index (χ0) is 21.6. The Labute approximate surface area is 182 Å². The van der Waals surface area contributed by atoms with E-state index in [4.69, 9.17) is 4.74 Å². The van der Waals surface area contributed by atoms with Crippen molar-refractivity contribution in [2.24, 2.45) is 5.92 Å². The number of rotatable bonds is 5. The number of benzene rings is 1. The number of anilines is 1. The highest BCUT2D eigenvalue weighted by Gasteiger charge is 2.33. The molecule has 0 spiro atoms. The summed E-state index contributed by atoms with van der Waals surface area (Å²) in [5.41, 5.74) is 1.41. The van der Waals surface area contributed by atoms with Gasteiger partial charge in [0.25, 0.3) is 5.91 Å². The van der Waals surface area contributed by atoms with Crippen LogP contribution in [0.25, 0.3) is 0 Å². The molecule has 2 saturated heterocycles. The fourth-order valence-electron chi connectivity index (χ4n) is 4.36. The Morgan fingerprint density at radius 3 is 2.61 bits per heavy atom. The van der Waals surface area contributed by atoms with Crippen LogP contribution in [0.4, 0.5) is 5.69 Å². The Bertz CT molecular complexity index is 899. The minimum Gasteiger partial charge on any atom is -0.492 e. The largest absolute Gasteiger partial charge is 0.492 e. The Kier molecular flexibility index (Phi) is 6.64. The van der Waals surface area contributed by atoms with Gasteiger partial charge < -0.3 is 19.4 Å². The minimum atomic E-state index is -0.156. The van der Waals surface area contributed by atoms with Crippen molar-refractivity contribution in [3.63, 3.8) is 0 Å². The summed E-state index contributed by atoms with van der Waals surface area (Å²) >= 11 is 0. The fraction of sp³-hybridized carbons (Fsp3) is 0.478. The number of piperidine rings is 1. The molecule has 1 atom stereocenters. The summed E-state index contributed by atoms with van der Waals surface area (Å²) < 4.78 is 5.76. The molecule has 2 aromatic rings. The van der Waals surface area contributed by atoms with Gasteiger partial charge in [0.1, 0.15) is 11.4 Å². The average molecular weight is 424 g/mol. The number of para-hydroxylation sites is 2. The number of piperazine rings is 1. The molecule has 1 aromatic heterocycles. The van der Waals surface area contributed by atoms with Gasteiger partial charge in [0, 0.05) is 51.7 Å². The van der Waals surface area contributed by atoms with Gasteiger partial charge in [-0.3, -0.25) is 14.6 Å². The Morgan fingerprint density at radius 1 is 1.06 bits per heavy atom. The number of hydrogen-bond acceptors (Lipinski definition) is 6. The number of ether oxygens (including phenoxy) is 1. The van der Waals surface area contributed by atoms with Crippen LogP contribution in [0.15, 0.2) is 42.9 Å². The maximum atomic E-state index is 13.2. The highest BCUT2D eigenvalue weighted by molar-refractivity contribution is 5.92. The summed E-state index contributed by atoms with van der Waals surface area (Å²) in [6.45, 7) is 6.59. The Balaban J connectivity index is 1.35. The molecule has 2 fully saturated rings. The minimum absolute atomic E-state index is 0.148. The standard InChI is InChI=1S/C23H29N5O3/c1-2-31-21-8-4-3-7-20(21)26-12-14-27(15-13-26)22(29)18-6-5-11-28(17-18)23(30)19-16-24-9-10-25-19/h3-4,7-10,16,18H,2,5-6,11-15,17H2,1H3. The molecular weight excluding hydrogens is 394 g/mol. The second-order valence-corrected chi connectivity index (χ2v) is 7.89. The van der Waals surface area contributed by atoms with Gasteiger partial charge in [-0.2, -0.15) is 0 Å². The van der Waals surface area contributed by atoms with E-state index in [2.05, 4.69) is 20.9 Å². The summed E-state index contributed by atoms with van der Waals surface area (Å²) in [6.07, 6.45) is 6.18. The Hall–Kier alpha value is -3.16. The van der Waals surface area contributed by atoms with Gasteiger partial charge in [-0.15, -0.1) is 0 Å². The van der Waals surface area contributed by atoms with Gasteiger partial charge in [0.05, 0.1) is 24.4 Å². The molecule has 0 bridgehead atoms. The van der Waals surface area contributed by atoms with Gasteiger partial charge in [-0.25, -0.2) is 4.98 Å². The zero-order valence-electron chi connectivity index (χ0n) is 17.9. The highest BCUT2D eigenvalue weighted by Crippen LogP contribution is 2.29. The van der Waals surface area contributed by atoms with Crippen LogP contribution in [-0.2, 0) is 4.79 Å². The molecule has 8 nitrogen and oxygen atoms in total. The molecule has 0 radical (unpaired) electrons. The summed E-state index contributed by atoms with van der Waals surface area (Å²) in [5, 5.41) is 0. The molecule has 0 N–H and O–H groups in total. The number of carbonyl (C=O) groups excluding carboxylic acids is 2. The van der Waals surface area contributed by atoms with Crippen molar-refractivity contribution < 1.29 is 14.3 Å². The van der Waals surface area contributed by atoms with Crippen LogP contribution < -0.4 is 9.64 Å². The van der Waals surface area contributed by atoms with Crippen molar-refractivity contribution in [3.05, 3.63) is 48.5 Å². The lowest BCUT2D eigenvalue weighted by Crippen LogP contribution is -2.53. The fourth-order valence-corrected chi connectivity index (χ4v) is 4.36. The third-order valence-electron chi connectivity index (χ3n) is 5.94. The number of carbonyl (C=O) groups is 2. The van der Waals surface area contributed by atoms with Crippen molar-refractivity contribution in [3.8, 4) is 5.75 Å². The predicted molar refractivity (Wildman–Crippen MR) is 117 cm³/mol. The molecule has 164 valence electrons. The second-order valence-electron chi connectivity index (χ2n) is 7.89. The van der Waals surface area contributed by atoms with Crippen molar-refractivity contribution >= 4 is 17.5 Å². The SMILES string of the molecule is CCOc1ccccc1N1CCN(C(=O)C2CCCN(C(=O)c3cnccn3)C2)CC1. The molecule has 1 aromatic carbocycles. The van der Waals surface area contributed by atoms with E-state index in [9.17, 15) is 9.59 Å². The maximum absolute atomic E-state index is 13.2. The molecule has 0 saturated carbocycles. The molecule has 31 heavy (non-hydrogen) atoms. The van der Waals surface area contributed by atoms with Crippen molar-refractivity contribution in [2.45, 2.75) is 19.8 Å². The summed E-state index contributed by atoms with van der Waals surface area (Å²) in [6, 6.07) is 8.05. The average Bonchev–Trinajstić information content (AvgIpc) is 2.84. The van der Waals surface area contributed by atoms with Crippen molar-refractivity contribution in [1.82, 2.24) is 19.8 Å². The smallest absolute Gasteiger partial charge is 0.274 e. The summed E-state index contributed by atoms with van der Waals surface area (Å²) in [7, 11) is 0. The predicted octanol–water partition coefficient (Wildman–Crippen LogP) is 2.08. The molecular formula is C23H29N5O3. The molecule has 0 aliphatic carbocycles. The third kappa shape index (κ3) is 4.78. The topological polar surface area (TPSA) is 78.9 Å². The lowest BCUT2D eigenvalue weighted by Gasteiger charge is -2.40. The number of hydrogen-bond donors (Lipinski definition) is 0. The van der Waals surface area contributed by atoms with E-state index in [0.717, 1.165) is 37.4 Å². The lowest BCUT2D eigenvalue weighted by molar-refractivity contribution is -0.137. The lowest BCUT2D eigenvalue weighted by atomic mass is 9.96. The van der Waals surface area contributed by atoms with E-state index in [1.165, 1.54) is 12.4 Å².